The number of carbonyl (C=O) groups is 2. The Labute approximate surface area is 124 Å². The monoisotopic (exact) mass is 294 g/mol. The van der Waals surface area contributed by atoms with Crippen LogP contribution in [0.4, 0.5) is 5.69 Å². The molecule has 0 fully saturated rings. The van der Waals surface area contributed by atoms with Crippen LogP contribution in [0, 0.1) is 5.92 Å². The molecule has 1 aromatic rings. The number of amides is 1. The molecule has 0 spiro atoms. The lowest BCUT2D eigenvalue weighted by Gasteiger charge is -2.21. The molecule has 2 rings (SSSR count). The van der Waals surface area contributed by atoms with Crippen molar-refractivity contribution in [3.05, 3.63) is 28.8 Å². The van der Waals surface area contributed by atoms with Gasteiger partial charge in [0.05, 0.1) is 11.3 Å². The van der Waals surface area contributed by atoms with Gasteiger partial charge >= 0.3 is 0 Å². The molecule has 1 amide bonds. The lowest BCUT2D eigenvalue weighted by molar-refractivity contribution is -0.114. The van der Waals surface area contributed by atoms with Crippen LogP contribution in [0.3, 0.4) is 0 Å². The maximum atomic E-state index is 12.1. The fourth-order valence-electron chi connectivity index (χ4n) is 2.35. The Morgan fingerprint density at radius 2 is 2.10 bits per heavy atom. The van der Waals surface area contributed by atoms with Crippen LogP contribution in [0.1, 0.15) is 30.6 Å². The molecule has 1 aliphatic heterocycles. The van der Waals surface area contributed by atoms with Crippen molar-refractivity contribution >= 4 is 29.0 Å². The average molecular weight is 295 g/mol. The van der Waals surface area contributed by atoms with Crippen LogP contribution in [-0.2, 0) is 4.79 Å². The van der Waals surface area contributed by atoms with Crippen LogP contribution in [0.15, 0.2) is 18.2 Å². The lowest BCUT2D eigenvalue weighted by Crippen LogP contribution is -2.37. The summed E-state index contributed by atoms with van der Waals surface area (Å²) in [5, 5.41) is 3.86. The summed E-state index contributed by atoms with van der Waals surface area (Å²) < 4.78 is 0. The van der Waals surface area contributed by atoms with E-state index in [0.717, 1.165) is 19.5 Å². The number of hydrogen-bond donors (Lipinski definition) is 1. The molecule has 108 valence electrons. The standard InChI is InChI=1S/C15H19ClN2O2/c1-3-6-17-8-10(2)9-18-13-7-11(16)4-5-12(13)14(19)15(18)20/h4-5,7,10,17H,3,6,8-9H2,1-2H3. The minimum absolute atomic E-state index is 0.267. The zero-order chi connectivity index (χ0) is 14.7. The first-order chi connectivity index (χ1) is 9.54. The molecule has 0 radical (unpaired) electrons. The van der Waals surface area contributed by atoms with Crippen molar-refractivity contribution in [2.24, 2.45) is 5.92 Å². The number of rotatable bonds is 6. The topological polar surface area (TPSA) is 49.4 Å². The van der Waals surface area contributed by atoms with Gasteiger partial charge in [-0.05, 0) is 43.6 Å². The van der Waals surface area contributed by atoms with E-state index in [1.54, 1.807) is 23.1 Å². The summed E-state index contributed by atoms with van der Waals surface area (Å²) in [6, 6.07) is 4.95. The van der Waals surface area contributed by atoms with Gasteiger partial charge in [-0.15, -0.1) is 0 Å². The highest BCUT2D eigenvalue weighted by atomic mass is 35.5. The van der Waals surface area contributed by atoms with E-state index in [-0.39, 0.29) is 5.92 Å². The fraction of sp³-hybridized carbons (Fsp3) is 0.467. The maximum absolute atomic E-state index is 12.1. The number of fused-ring (bicyclic) bond motifs is 1. The SMILES string of the molecule is CCCNCC(C)CN1C(=O)C(=O)c2ccc(Cl)cc21. The molecule has 0 aromatic heterocycles. The Hall–Kier alpha value is -1.39. The number of ketones is 1. The zero-order valence-corrected chi connectivity index (χ0v) is 12.5. The van der Waals surface area contributed by atoms with Gasteiger partial charge in [0.25, 0.3) is 11.7 Å². The summed E-state index contributed by atoms with van der Waals surface area (Å²) >= 11 is 5.96. The molecule has 4 nitrogen and oxygen atoms in total. The Kier molecular flexibility index (Phi) is 4.78. The van der Waals surface area contributed by atoms with Gasteiger partial charge in [-0.1, -0.05) is 25.4 Å². The van der Waals surface area contributed by atoms with Gasteiger partial charge in [-0.25, -0.2) is 0 Å². The van der Waals surface area contributed by atoms with Gasteiger partial charge in [-0.3, -0.25) is 9.59 Å². The molecular formula is C15H19ClN2O2. The van der Waals surface area contributed by atoms with Crippen molar-refractivity contribution in [3.8, 4) is 0 Å². The van der Waals surface area contributed by atoms with E-state index in [4.69, 9.17) is 11.6 Å². The summed E-state index contributed by atoms with van der Waals surface area (Å²) in [5.41, 5.74) is 1.09. The van der Waals surface area contributed by atoms with Crippen molar-refractivity contribution in [2.75, 3.05) is 24.5 Å². The molecule has 1 N–H and O–H groups in total. The molecule has 1 aromatic carbocycles. The molecule has 0 saturated carbocycles. The molecular weight excluding hydrogens is 276 g/mol. The highest BCUT2D eigenvalue weighted by Crippen LogP contribution is 2.31. The van der Waals surface area contributed by atoms with E-state index < -0.39 is 11.7 Å². The number of nitrogens with one attached hydrogen (secondary N) is 1. The number of Topliss-reactive ketones (excluding diaryl/α,β-unsaturated/α-hetero) is 1. The summed E-state index contributed by atoms with van der Waals surface area (Å²) in [4.78, 5) is 25.5. The Morgan fingerprint density at radius 3 is 2.80 bits per heavy atom. The van der Waals surface area contributed by atoms with Crippen LogP contribution in [0.2, 0.25) is 5.02 Å². The minimum atomic E-state index is -0.454. The third-order valence-electron chi connectivity index (χ3n) is 3.35. The quantitative estimate of drug-likeness (QED) is 0.648. The summed E-state index contributed by atoms with van der Waals surface area (Å²) in [7, 11) is 0. The van der Waals surface area contributed by atoms with Gasteiger partial charge in [0.2, 0.25) is 0 Å². The first-order valence-electron chi connectivity index (χ1n) is 6.91. The molecule has 0 aliphatic carbocycles. The predicted molar refractivity (Wildman–Crippen MR) is 80.5 cm³/mol. The van der Waals surface area contributed by atoms with E-state index >= 15 is 0 Å². The van der Waals surface area contributed by atoms with Gasteiger partial charge in [0.15, 0.2) is 0 Å². The highest BCUT2D eigenvalue weighted by Gasteiger charge is 2.36. The third-order valence-corrected chi connectivity index (χ3v) is 3.58. The van der Waals surface area contributed by atoms with Crippen molar-refractivity contribution in [1.82, 2.24) is 5.32 Å². The Balaban J connectivity index is 2.11. The second kappa shape index (κ2) is 6.37. The van der Waals surface area contributed by atoms with Gasteiger partial charge in [0.1, 0.15) is 0 Å². The van der Waals surface area contributed by atoms with Crippen LogP contribution >= 0.6 is 11.6 Å². The highest BCUT2D eigenvalue weighted by molar-refractivity contribution is 6.52. The van der Waals surface area contributed by atoms with Crippen LogP contribution in [0.25, 0.3) is 0 Å². The smallest absolute Gasteiger partial charge is 0.299 e. The van der Waals surface area contributed by atoms with Gasteiger partial charge in [0, 0.05) is 11.6 Å². The van der Waals surface area contributed by atoms with Crippen molar-refractivity contribution in [2.45, 2.75) is 20.3 Å². The van der Waals surface area contributed by atoms with E-state index in [2.05, 4.69) is 19.2 Å². The first kappa shape index (κ1) is 15.0. The van der Waals surface area contributed by atoms with Crippen LogP contribution in [0.5, 0.6) is 0 Å². The van der Waals surface area contributed by atoms with Crippen LogP contribution in [-0.4, -0.2) is 31.3 Å². The molecule has 1 atom stereocenters. The van der Waals surface area contributed by atoms with Gasteiger partial charge < -0.3 is 10.2 Å². The molecule has 20 heavy (non-hydrogen) atoms. The molecule has 0 bridgehead atoms. The Bertz CT molecular complexity index is 531. The van der Waals surface area contributed by atoms with E-state index in [9.17, 15) is 9.59 Å². The van der Waals surface area contributed by atoms with E-state index in [0.29, 0.717) is 22.8 Å². The molecule has 0 saturated heterocycles. The maximum Gasteiger partial charge on any atom is 0.299 e. The predicted octanol–water partition coefficient (Wildman–Crippen LogP) is 2.51. The van der Waals surface area contributed by atoms with E-state index in [1.165, 1.54) is 0 Å². The first-order valence-corrected chi connectivity index (χ1v) is 7.28. The third kappa shape index (κ3) is 3.02. The zero-order valence-electron chi connectivity index (χ0n) is 11.8. The fourth-order valence-corrected chi connectivity index (χ4v) is 2.52. The molecule has 1 heterocycles. The molecule has 1 aliphatic rings. The van der Waals surface area contributed by atoms with Crippen LogP contribution < -0.4 is 10.2 Å². The number of anilines is 1. The summed E-state index contributed by atoms with van der Waals surface area (Å²) in [6.45, 7) is 6.47. The summed E-state index contributed by atoms with van der Waals surface area (Å²) in [5.74, 6) is -0.627. The number of carbonyl (C=O) groups excluding carboxylic acids is 2. The average Bonchev–Trinajstić information content (AvgIpc) is 2.64. The van der Waals surface area contributed by atoms with E-state index in [1.807, 2.05) is 0 Å². The number of hydrogen-bond acceptors (Lipinski definition) is 3. The lowest BCUT2D eigenvalue weighted by atomic mass is 10.1. The largest absolute Gasteiger partial charge is 0.316 e. The molecule has 1 unspecified atom stereocenters. The second-order valence-electron chi connectivity index (χ2n) is 5.22. The van der Waals surface area contributed by atoms with Crippen molar-refractivity contribution in [1.29, 1.82) is 0 Å². The van der Waals surface area contributed by atoms with Crippen molar-refractivity contribution < 1.29 is 9.59 Å². The number of benzene rings is 1. The number of halogens is 1. The van der Waals surface area contributed by atoms with Crippen molar-refractivity contribution in [3.63, 3.8) is 0 Å². The number of nitrogens with zero attached hydrogens (tertiary/aromatic N) is 1. The minimum Gasteiger partial charge on any atom is -0.316 e. The second-order valence-corrected chi connectivity index (χ2v) is 5.65. The molecule has 5 heteroatoms. The normalized spacial score (nSPS) is 15.7. The van der Waals surface area contributed by atoms with Gasteiger partial charge in [-0.2, -0.15) is 0 Å². The Morgan fingerprint density at radius 1 is 1.35 bits per heavy atom. The summed E-state index contributed by atoms with van der Waals surface area (Å²) in [6.07, 6.45) is 1.08.